The molecule has 3 rings (SSSR count). The Morgan fingerprint density at radius 2 is 1.87 bits per heavy atom. The van der Waals surface area contributed by atoms with Gasteiger partial charge in [-0.05, 0) is 12.1 Å². The molecule has 0 saturated carbocycles. The molecular formula is C17H12F5N3O4S. The van der Waals surface area contributed by atoms with E-state index in [1.165, 1.54) is 6.92 Å². The zero-order valence-electron chi connectivity index (χ0n) is 15.0. The van der Waals surface area contributed by atoms with Gasteiger partial charge >= 0.3 is 12.8 Å². The van der Waals surface area contributed by atoms with Crippen LogP contribution in [0, 0.1) is 0 Å². The van der Waals surface area contributed by atoms with E-state index in [-0.39, 0.29) is 10.8 Å². The molecule has 3 aromatic rings. The number of benzene rings is 1. The number of hydrogen-bond donors (Lipinski definition) is 0. The fraction of sp³-hybridized carbons (Fsp3) is 0.235. The molecule has 13 heteroatoms. The van der Waals surface area contributed by atoms with Gasteiger partial charge in [0, 0.05) is 11.5 Å². The summed E-state index contributed by atoms with van der Waals surface area (Å²) >= 11 is 0. The molecule has 0 saturated heterocycles. The Labute approximate surface area is 165 Å². The van der Waals surface area contributed by atoms with Crippen LogP contribution in [0.1, 0.15) is 12.5 Å². The molecule has 0 bridgehead atoms. The molecule has 0 radical (unpaired) electrons. The average molecular weight is 449 g/mol. The largest absolute Gasteiger partial charge is 0.433 e. The van der Waals surface area contributed by atoms with E-state index in [2.05, 4.69) is 14.8 Å². The Hall–Kier alpha value is -3.09. The fourth-order valence-electron chi connectivity index (χ4n) is 2.60. The Bertz CT molecular complexity index is 1270. The van der Waals surface area contributed by atoms with E-state index in [1.807, 2.05) is 0 Å². The highest BCUT2D eigenvalue weighted by molar-refractivity contribution is 7.91. The number of hydrogen-bond acceptors (Lipinski definition) is 6. The number of nitrogens with zero attached hydrogens (tertiary/aromatic N) is 3. The predicted octanol–water partition coefficient (Wildman–Crippen LogP) is 3.19. The van der Waals surface area contributed by atoms with Crippen molar-refractivity contribution >= 4 is 20.6 Å². The quantitative estimate of drug-likeness (QED) is 0.556. The molecular weight excluding hydrogens is 437 g/mol. The summed E-state index contributed by atoms with van der Waals surface area (Å²) in [5, 5.41) is 3.48. The minimum atomic E-state index is -4.71. The van der Waals surface area contributed by atoms with E-state index in [9.17, 15) is 35.2 Å². The molecule has 1 aromatic carbocycles. The molecule has 0 fully saturated rings. The fourth-order valence-corrected chi connectivity index (χ4v) is 3.62. The SMILES string of the molecule is CCS(=O)(=O)c1cc(OC(F)F)cnc1-n1ncc2ccc(C(F)(F)F)cc2c1=O. The molecule has 160 valence electrons. The van der Waals surface area contributed by atoms with Crippen molar-refractivity contribution in [3.05, 3.63) is 52.6 Å². The van der Waals surface area contributed by atoms with Crippen molar-refractivity contribution in [2.45, 2.75) is 24.6 Å². The van der Waals surface area contributed by atoms with Crippen molar-refractivity contribution in [1.29, 1.82) is 0 Å². The Kier molecular flexibility index (Phi) is 5.50. The number of pyridine rings is 1. The molecule has 2 aromatic heterocycles. The van der Waals surface area contributed by atoms with Crippen LogP contribution in [0.4, 0.5) is 22.0 Å². The van der Waals surface area contributed by atoms with Gasteiger partial charge in [0.25, 0.3) is 5.56 Å². The summed E-state index contributed by atoms with van der Waals surface area (Å²) in [6.07, 6.45) is -2.90. The smallest absolute Gasteiger partial charge is 0.416 e. The van der Waals surface area contributed by atoms with Crippen LogP contribution in [0.15, 0.2) is 46.3 Å². The van der Waals surface area contributed by atoms with E-state index < -0.39 is 56.0 Å². The first-order valence-electron chi connectivity index (χ1n) is 8.21. The summed E-state index contributed by atoms with van der Waals surface area (Å²) in [6.45, 7) is -1.98. The second-order valence-electron chi connectivity index (χ2n) is 5.94. The number of rotatable bonds is 5. The van der Waals surface area contributed by atoms with Gasteiger partial charge in [-0.2, -0.15) is 31.7 Å². The van der Waals surface area contributed by atoms with Crippen LogP contribution in [-0.2, 0) is 16.0 Å². The first-order valence-corrected chi connectivity index (χ1v) is 9.86. The van der Waals surface area contributed by atoms with Gasteiger partial charge in [-0.1, -0.05) is 13.0 Å². The lowest BCUT2D eigenvalue weighted by molar-refractivity contribution is -0.137. The monoisotopic (exact) mass is 449 g/mol. The lowest BCUT2D eigenvalue weighted by atomic mass is 10.1. The Balaban J connectivity index is 2.29. The van der Waals surface area contributed by atoms with E-state index in [1.54, 1.807) is 0 Å². The summed E-state index contributed by atoms with van der Waals surface area (Å²) < 4.78 is 93.4. The lowest BCUT2D eigenvalue weighted by Gasteiger charge is -2.13. The number of halogens is 5. The molecule has 0 unspecified atom stereocenters. The lowest BCUT2D eigenvalue weighted by Crippen LogP contribution is -2.25. The van der Waals surface area contributed by atoms with Gasteiger partial charge in [-0.25, -0.2) is 13.4 Å². The molecule has 7 nitrogen and oxygen atoms in total. The van der Waals surface area contributed by atoms with E-state index in [0.717, 1.165) is 30.6 Å². The van der Waals surface area contributed by atoms with Crippen molar-refractivity contribution in [3.63, 3.8) is 0 Å². The zero-order chi connectivity index (χ0) is 22.3. The van der Waals surface area contributed by atoms with Gasteiger partial charge in [-0.15, -0.1) is 0 Å². The minimum Gasteiger partial charge on any atom is -0.433 e. The van der Waals surface area contributed by atoms with Crippen LogP contribution in [0.3, 0.4) is 0 Å². The highest BCUT2D eigenvalue weighted by atomic mass is 32.2. The van der Waals surface area contributed by atoms with Crippen molar-refractivity contribution < 1.29 is 35.1 Å². The van der Waals surface area contributed by atoms with Crippen molar-refractivity contribution in [2.75, 3.05) is 5.75 Å². The maximum absolute atomic E-state index is 13.0. The summed E-state index contributed by atoms with van der Waals surface area (Å²) in [4.78, 5) is 15.8. The van der Waals surface area contributed by atoms with Crippen LogP contribution in [0.2, 0.25) is 0 Å². The first kappa shape index (κ1) is 21.6. The van der Waals surface area contributed by atoms with Gasteiger partial charge < -0.3 is 4.74 Å². The van der Waals surface area contributed by atoms with Crippen molar-refractivity contribution in [3.8, 4) is 11.6 Å². The van der Waals surface area contributed by atoms with Crippen LogP contribution in [0.25, 0.3) is 16.6 Å². The highest BCUT2D eigenvalue weighted by Crippen LogP contribution is 2.31. The zero-order valence-corrected chi connectivity index (χ0v) is 15.8. The molecule has 30 heavy (non-hydrogen) atoms. The average Bonchev–Trinajstić information content (AvgIpc) is 2.67. The summed E-state index contributed by atoms with van der Waals surface area (Å²) in [5.41, 5.74) is -2.15. The molecule has 0 N–H and O–H groups in total. The maximum atomic E-state index is 13.0. The third-order valence-electron chi connectivity index (χ3n) is 4.06. The standard InChI is InChI=1S/C17H12F5N3O4S/c1-2-30(27,28)13-6-11(29-16(18)19)8-23-14(13)25-15(26)12-5-10(17(20,21)22)4-3-9(12)7-24-25/h3-8,16H,2H2,1H3. The highest BCUT2D eigenvalue weighted by Gasteiger charge is 2.31. The molecule has 0 aliphatic rings. The van der Waals surface area contributed by atoms with E-state index >= 15 is 0 Å². The third-order valence-corrected chi connectivity index (χ3v) is 5.80. The van der Waals surface area contributed by atoms with Gasteiger partial charge in [0.1, 0.15) is 10.6 Å². The molecule has 0 aliphatic heterocycles. The normalized spacial score (nSPS) is 12.5. The van der Waals surface area contributed by atoms with Crippen LogP contribution in [0.5, 0.6) is 5.75 Å². The topological polar surface area (TPSA) is 91.2 Å². The summed E-state index contributed by atoms with van der Waals surface area (Å²) in [5.74, 6) is -1.60. The molecule has 0 amide bonds. The van der Waals surface area contributed by atoms with Crippen LogP contribution >= 0.6 is 0 Å². The summed E-state index contributed by atoms with van der Waals surface area (Å²) in [7, 11) is -4.10. The second-order valence-corrected chi connectivity index (χ2v) is 8.18. The van der Waals surface area contributed by atoms with Crippen LogP contribution < -0.4 is 10.3 Å². The van der Waals surface area contributed by atoms with E-state index in [0.29, 0.717) is 10.7 Å². The maximum Gasteiger partial charge on any atom is 0.416 e. The third kappa shape index (κ3) is 4.10. The molecule has 2 heterocycles. The number of ether oxygens (including phenoxy) is 1. The van der Waals surface area contributed by atoms with Gasteiger partial charge in [0.2, 0.25) is 0 Å². The summed E-state index contributed by atoms with van der Waals surface area (Å²) in [6, 6.07) is 3.18. The Morgan fingerprint density at radius 3 is 2.47 bits per heavy atom. The Morgan fingerprint density at radius 1 is 1.17 bits per heavy atom. The number of fused-ring (bicyclic) bond motifs is 1. The number of sulfone groups is 1. The number of alkyl halides is 5. The molecule has 0 spiro atoms. The van der Waals surface area contributed by atoms with Gasteiger partial charge in [0.15, 0.2) is 15.7 Å². The van der Waals surface area contributed by atoms with Gasteiger partial charge in [0.05, 0.1) is 29.1 Å². The molecule has 0 aliphatic carbocycles. The second kappa shape index (κ2) is 7.63. The first-order chi connectivity index (χ1) is 13.9. The predicted molar refractivity (Wildman–Crippen MR) is 94.5 cm³/mol. The number of aromatic nitrogens is 3. The van der Waals surface area contributed by atoms with Crippen molar-refractivity contribution in [2.24, 2.45) is 0 Å². The van der Waals surface area contributed by atoms with Crippen LogP contribution in [-0.4, -0.2) is 35.5 Å². The van der Waals surface area contributed by atoms with E-state index in [4.69, 9.17) is 0 Å². The van der Waals surface area contributed by atoms with Crippen molar-refractivity contribution in [1.82, 2.24) is 14.8 Å². The van der Waals surface area contributed by atoms with Gasteiger partial charge in [-0.3, -0.25) is 4.79 Å². The molecule has 0 atom stereocenters. The minimum absolute atomic E-state index is 0.0850.